The molecule has 130 valence electrons. The average Bonchev–Trinajstić information content (AvgIpc) is 3.35. The number of hydrogen-bond donors (Lipinski definition) is 1. The number of aromatic nitrogens is 4. The van der Waals surface area contributed by atoms with Crippen LogP contribution in [-0.2, 0) is 24.9 Å². The second-order valence-corrected chi connectivity index (χ2v) is 6.48. The zero-order valence-corrected chi connectivity index (χ0v) is 14.4. The van der Waals surface area contributed by atoms with Gasteiger partial charge in [0.05, 0.1) is 18.4 Å². The largest absolute Gasteiger partial charge is 0.370 e. The van der Waals surface area contributed by atoms with Crippen LogP contribution in [0.15, 0.2) is 55.0 Å². The van der Waals surface area contributed by atoms with E-state index in [-0.39, 0.29) is 6.10 Å². The molecule has 4 rings (SSSR count). The lowest BCUT2D eigenvalue weighted by Gasteiger charge is -2.19. The van der Waals surface area contributed by atoms with Gasteiger partial charge in [0.2, 0.25) is 0 Å². The van der Waals surface area contributed by atoms with Crippen LogP contribution in [0, 0.1) is 0 Å². The van der Waals surface area contributed by atoms with Gasteiger partial charge in [0.1, 0.15) is 6.10 Å². The van der Waals surface area contributed by atoms with E-state index in [0.29, 0.717) is 6.04 Å². The second-order valence-electron chi connectivity index (χ2n) is 6.48. The lowest BCUT2D eigenvalue weighted by atomic mass is 10.1. The first kappa shape index (κ1) is 16.1. The zero-order chi connectivity index (χ0) is 17.1. The molecular formula is C19H23N5O. The first-order valence-electron chi connectivity index (χ1n) is 8.68. The smallest absolute Gasteiger partial charge is 0.114 e. The molecule has 1 fully saturated rings. The highest BCUT2D eigenvalue weighted by atomic mass is 16.5. The normalized spacial score (nSPS) is 20.2. The lowest BCUT2D eigenvalue weighted by molar-refractivity contribution is 0.0919. The fraction of sp³-hybridized carbons (Fsp3) is 0.368. The van der Waals surface area contributed by atoms with Gasteiger partial charge in [-0.3, -0.25) is 9.36 Å². The molecular weight excluding hydrogens is 314 g/mol. The van der Waals surface area contributed by atoms with Gasteiger partial charge >= 0.3 is 0 Å². The summed E-state index contributed by atoms with van der Waals surface area (Å²) in [5, 5.41) is 12.3. The maximum atomic E-state index is 5.92. The minimum Gasteiger partial charge on any atom is -0.370 e. The Bertz CT molecular complexity index is 810. The fourth-order valence-electron chi connectivity index (χ4n) is 3.36. The van der Waals surface area contributed by atoms with E-state index in [1.807, 2.05) is 40.9 Å². The van der Waals surface area contributed by atoms with Gasteiger partial charge in [0, 0.05) is 44.2 Å². The third-order valence-corrected chi connectivity index (χ3v) is 4.68. The van der Waals surface area contributed by atoms with Crippen molar-refractivity contribution >= 4 is 0 Å². The Kier molecular flexibility index (Phi) is 4.63. The van der Waals surface area contributed by atoms with Gasteiger partial charge in [-0.05, 0) is 18.1 Å². The number of benzene rings is 1. The molecule has 3 aromatic rings. The van der Waals surface area contributed by atoms with Gasteiger partial charge in [-0.1, -0.05) is 30.3 Å². The number of hydrogen-bond acceptors (Lipinski definition) is 4. The third kappa shape index (κ3) is 3.65. The quantitative estimate of drug-likeness (QED) is 0.750. The third-order valence-electron chi connectivity index (χ3n) is 4.68. The summed E-state index contributed by atoms with van der Waals surface area (Å²) >= 11 is 0. The van der Waals surface area contributed by atoms with Crippen LogP contribution in [-0.4, -0.2) is 32.2 Å². The molecule has 0 spiro atoms. The fourth-order valence-corrected chi connectivity index (χ4v) is 3.36. The van der Waals surface area contributed by atoms with Gasteiger partial charge in [-0.15, -0.1) is 0 Å². The SMILES string of the molecule is Cn1nccc1[C@H]1OCC[C@@H]1NCc1cnn(Cc2ccccc2)c1. The molecule has 1 N–H and O–H groups in total. The predicted octanol–water partition coefficient (Wildman–Crippen LogP) is 2.28. The molecule has 0 unspecified atom stereocenters. The first-order chi connectivity index (χ1) is 12.3. The average molecular weight is 337 g/mol. The van der Waals surface area contributed by atoms with Crippen molar-refractivity contribution in [2.75, 3.05) is 6.61 Å². The number of aryl methyl sites for hydroxylation is 1. The molecule has 1 aliphatic heterocycles. The number of nitrogens with one attached hydrogen (secondary N) is 1. The molecule has 1 aliphatic rings. The van der Waals surface area contributed by atoms with E-state index in [4.69, 9.17) is 4.74 Å². The molecule has 0 saturated carbocycles. The van der Waals surface area contributed by atoms with Crippen molar-refractivity contribution < 1.29 is 4.74 Å². The molecule has 25 heavy (non-hydrogen) atoms. The molecule has 0 aliphatic carbocycles. The molecule has 3 heterocycles. The van der Waals surface area contributed by atoms with Crippen LogP contribution in [0.3, 0.4) is 0 Å². The molecule has 0 radical (unpaired) electrons. The van der Waals surface area contributed by atoms with E-state index < -0.39 is 0 Å². The summed E-state index contributed by atoms with van der Waals surface area (Å²) in [6, 6.07) is 12.7. The van der Waals surface area contributed by atoms with Crippen LogP contribution >= 0.6 is 0 Å². The van der Waals surface area contributed by atoms with Crippen LogP contribution in [0.1, 0.15) is 29.3 Å². The van der Waals surface area contributed by atoms with E-state index >= 15 is 0 Å². The van der Waals surface area contributed by atoms with Crippen LogP contribution in [0.4, 0.5) is 0 Å². The summed E-state index contributed by atoms with van der Waals surface area (Å²) in [6.45, 7) is 2.36. The number of rotatable bonds is 6. The first-order valence-corrected chi connectivity index (χ1v) is 8.68. The van der Waals surface area contributed by atoms with Crippen molar-refractivity contribution in [3.8, 4) is 0 Å². The highest BCUT2D eigenvalue weighted by Gasteiger charge is 2.31. The second kappa shape index (κ2) is 7.21. The Hall–Kier alpha value is -2.44. The minimum atomic E-state index is 0.0619. The minimum absolute atomic E-state index is 0.0619. The van der Waals surface area contributed by atoms with Crippen LogP contribution in [0.25, 0.3) is 0 Å². The highest BCUT2D eigenvalue weighted by Crippen LogP contribution is 2.28. The summed E-state index contributed by atoms with van der Waals surface area (Å²) in [6.07, 6.45) is 6.93. The van der Waals surface area contributed by atoms with Crippen molar-refractivity contribution in [3.05, 3.63) is 71.8 Å². The predicted molar refractivity (Wildman–Crippen MR) is 94.9 cm³/mol. The van der Waals surface area contributed by atoms with Gasteiger partial charge in [0.15, 0.2) is 0 Å². The van der Waals surface area contributed by atoms with Gasteiger partial charge in [0.25, 0.3) is 0 Å². The van der Waals surface area contributed by atoms with Gasteiger partial charge in [-0.2, -0.15) is 10.2 Å². The van der Waals surface area contributed by atoms with Crippen molar-refractivity contribution in [1.82, 2.24) is 24.9 Å². The summed E-state index contributed by atoms with van der Waals surface area (Å²) in [7, 11) is 1.96. The van der Waals surface area contributed by atoms with Crippen molar-refractivity contribution in [1.29, 1.82) is 0 Å². The topological polar surface area (TPSA) is 56.9 Å². The molecule has 6 heteroatoms. The molecule has 1 aromatic carbocycles. The Morgan fingerprint density at radius 3 is 2.84 bits per heavy atom. The standard InChI is InChI=1S/C19H23N5O/c1-23-18(7-9-21-23)19-17(8-10-25-19)20-11-16-12-22-24(14-16)13-15-5-3-2-4-6-15/h2-7,9,12,14,17,19-20H,8,10-11,13H2,1H3/t17-,19-/m0/s1. The van der Waals surface area contributed by atoms with E-state index in [2.05, 4.69) is 46.0 Å². The highest BCUT2D eigenvalue weighted by molar-refractivity contribution is 5.16. The Labute approximate surface area is 147 Å². The molecule has 1 saturated heterocycles. The summed E-state index contributed by atoms with van der Waals surface area (Å²) in [4.78, 5) is 0. The van der Waals surface area contributed by atoms with Crippen LogP contribution < -0.4 is 5.32 Å². The Morgan fingerprint density at radius 2 is 2.04 bits per heavy atom. The van der Waals surface area contributed by atoms with E-state index in [1.54, 1.807) is 0 Å². The Morgan fingerprint density at radius 1 is 1.16 bits per heavy atom. The molecule has 6 nitrogen and oxygen atoms in total. The van der Waals surface area contributed by atoms with Crippen molar-refractivity contribution in [3.63, 3.8) is 0 Å². The summed E-state index contributed by atoms with van der Waals surface area (Å²) in [5.74, 6) is 0. The molecule has 2 aromatic heterocycles. The van der Waals surface area contributed by atoms with E-state index in [0.717, 1.165) is 31.8 Å². The van der Waals surface area contributed by atoms with Crippen molar-refractivity contribution in [2.24, 2.45) is 7.05 Å². The van der Waals surface area contributed by atoms with E-state index in [9.17, 15) is 0 Å². The molecule has 0 bridgehead atoms. The summed E-state index contributed by atoms with van der Waals surface area (Å²) < 4.78 is 9.79. The number of ether oxygens (including phenoxy) is 1. The summed E-state index contributed by atoms with van der Waals surface area (Å²) in [5.41, 5.74) is 3.56. The number of nitrogens with zero attached hydrogens (tertiary/aromatic N) is 4. The zero-order valence-electron chi connectivity index (χ0n) is 14.4. The van der Waals surface area contributed by atoms with E-state index in [1.165, 1.54) is 11.1 Å². The maximum Gasteiger partial charge on any atom is 0.114 e. The maximum absolute atomic E-state index is 5.92. The molecule has 2 atom stereocenters. The molecule has 0 amide bonds. The van der Waals surface area contributed by atoms with Crippen molar-refractivity contribution in [2.45, 2.75) is 31.7 Å². The van der Waals surface area contributed by atoms with Gasteiger partial charge in [-0.25, -0.2) is 0 Å². The lowest BCUT2D eigenvalue weighted by Crippen LogP contribution is -2.32. The van der Waals surface area contributed by atoms with Gasteiger partial charge < -0.3 is 10.1 Å². The van der Waals surface area contributed by atoms with Crippen LogP contribution in [0.5, 0.6) is 0 Å². The van der Waals surface area contributed by atoms with Crippen LogP contribution in [0.2, 0.25) is 0 Å². The Balaban J connectivity index is 1.36. The monoisotopic (exact) mass is 337 g/mol.